The van der Waals surface area contributed by atoms with Gasteiger partial charge in [-0.25, -0.2) is 4.98 Å². The van der Waals surface area contributed by atoms with Crippen LogP contribution < -0.4 is 5.32 Å². The lowest BCUT2D eigenvalue weighted by Crippen LogP contribution is -2.56. The van der Waals surface area contributed by atoms with Crippen molar-refractivity contribution in [3.05, 3.63) is 16.1 Å². The van der Waals surface area contributed by atoms with Crippen molar-refractivity contribution >= 4 is 11.3 Å². The first kappa shape index (κ1) is 13.0. The van der Waals surface area contributed by atoms with Crippen LogP contribution in [-0.2, 0) is 6.54 Å². The SMILES string of the molecule is Cc1ncc(CN2CC(C)NCC2C(C)C)s1. The largest absolute Gasteiger partial charge is 0.311 e. The number of aryl methyl sites for hydroxylation is 1. The quantitative estimate of drug-likeness (QED) is 0.895. The number of rotatable bonds is 3. The number of piperazine rings is 1. The summed E-state index contributed by atoms with van der Waals surface area (Å²) in [6, 6.07) is 1.24. The van der Waals surface area contributed by atoms with Crippen LogP contribution in [0, 0.1) is 12.8 Å². The summed E-state index contributed by atoms with van der Waals surface area (Å²) in [6.07, 6.45) is 2.03. The zero-order valence-electron chi connectivity index (χ0n) is 11.2. The van der Waals surface area contributed by atoms with Gasteiger partial charge in [0.1, 0.15) is 0 Å². The molecule has 1 aliphatic heterocycles. The molecule has 96 valence electrons. The lowest BCUT2D eigenvalue weighted by atomic mass is 9.99. The normalized spacial score (nSPS) is 26.6. The molecule has 0 bridgehead atoms. The van der Waals surface area contributed by atoms with E-state index in [9.17, 15) is 0 Å². The van der Waals surface area contributed by atoms with Gasteiger partial charge in [-0.15, -0.1) is 11.3 Å². The van der Waals surface area contributed by atoms with Crippen molar-refractivity contribution in [3.63, 3.8) is 0 Å². The van der Waals surface area contributed by atoms with Crippen LogP contribution in [0.4, 0.5) is 0 Å². The van der Waals surface area contributed by atoms with Gasteiger partial charge in [-0.05, 0) is 19.8 Å². The van der Waals surface area contributed by atoms with E-state index in [-0.39, 0.29) is 0 Å². The van der Waals surface area contributed by atoms with Gasteiger partial charge < -0.3 is 5.32 Å². The number of thiazole rings is 1. The van der Waals surface area contributed by atoms with Crippen molar-refractivity contribution < 1.29 is 0 Å². The maximum atomic E-state index is 4.35. The molecule has 0 spiro atoms. The molecule has 1 aromatic rings. The summed E-state index contributed by atoms with van der Waals surface area (Å²) in [4.78, 5) is 8.35. The fraction of sp³-hybridized carbons (Fsp3) is 0.769. The van der Waals surface area contributed by atoms with Crippen LogP contribution in [0.2, 0.25) is 0 Å². The highest BCUT2D eigenvalue weighted by Crippen LogP contribution is 2.21. The van der Waals surface area contributed by atoms with Crippen molar-refractivity contribution in [2.75, 3.05) is 13.1 Å². The first-order valence-corrected chi connectivity index (χ1v) is 7.26. The van der Waals surface area contributed by atoms with E-state index in [0.717, 1.165) is 19.6 Å². The smallest absolute Gasteiger partial charge is 0.0897 e. The van der Waals surface area contributed by atoms with Gasteiger partial charge in [0.2, 0.25) is 0 Å². The van der Waals surface area contributed by atoms with E-state index in [2.05, 4.69) is 42.9 Å². The summed E-state index contributed by atoms with van der Waals surface area (Å²) in [7, 11) is 0. The molecule has 1 aromatic heterocycles. The van der Waals surface area contributed by atoms with Crippen LogP contribution in [0.25, 0.3) is 0 Å². The van der Waals surface area contributed by atoms with Gasteiger partial charge in [0.15, 0.2) is 0 Å². The maximum absolute atomic E-state index is 4.35. The van der Waals surface area contributed by atoms with Gasteiger partial charge in [-0.1, -0.05) is 13.8 Å². The van der Waals surface area contributed by atoms with E-state index in [1.54, 1.807) is 0 Å². The van der Waals surface area contributed by atoms with Crippen molar-refractivity contribution in [3.8, 4) is 0 Å². The molecule has 0 radical (unpaired) electrons. The molecule has 4 heteroatoms. The van der Waals surface area contributed by atoms with E-state index in [0.29, 0.717) is 18.0 Å². The molecule has 0 aliphatic carbocycles. The average Bonchev–Trinajstić information content (AvgIpc) is 2.63. The fourth-order valence-corrected chi connectivity index (χ4v) is 3.34. The molecule has 1 fully saturated rings. The monoisotopic (exact) mass is 253 g/mol. The highest BCUT2D eigenvalue weighted by atomic mass is 32.1. The van der Waals surface area contributed by atoms with Crippen molar-refractivity contribution in [2.45, 2.75) is 46.3 Å². The molecule has 17 heavy (non-hydrogen) atoms. The number of hydrogen-bond acceptors (Lipinski definition) is 4. The van der Waals surface area contributed by atoms with Crippen LogP contribution in [0.1, 0.15) is 30.7 Å². The number of hydrogen-bond donors (Lipinski definition) is 1. The zero-order valence-corrected chi connectivity index (χ0v) is 12.0. The molecule has 2 rings (SSSR count). The Morgan fingerprint density at radius 2 is 2.35 bits per heavy atom. The Morgan fingerprint density at radius 3 is 2.94 bits per heavy atom. The summed E-state index contributed by atoms with van der Waals surface area (Å²) >= 11 is 1.82. The highest BCUT2D eigenvalue weighted by Gasteiger charge is 2.28. The Hall–Kier alpha value is -0.450. The molecule has 1 saturated heterocycles. The van der Waals surface area contributed by atoms with E-state index in [1.807, 2.05) is 17.5 Å². The van der Waals surface area contributed by atoms with E-state index in [4.69, 9.17) is 0 Å². The lowest BCUT2D eigenvalue weighted by molar-refractivity contribution is 0.0966. The van der Waals surface area contributed by atoms with E-state index >= 15 is 0 Å². The molecular formula is C13H23N3S. The lowest BCUT2D eigenvalue weighted by Gasteiger charge is -2.41. The predicted molar refractivity (Wildman–Crippen MR) is 73.4 cm³/mol. The molecule has 3 nitrogen and oxygen atoms in total. The second-order valence-corrected chi connectivity index (χ2v) is 6.72. The van der Waals surface area contributed by atoms with Crippen LogP contribution >= 0.6 is 11.3 Å². The number of nitrogens with one attached hydrogen (secondary N) is 1. The van der Waals surface area contributed by atoms with Crippen LogP contribution in [0.15, 0.2) is 6.20 Å². The third-order valence-corrected chi connectivity index (χ3v) is 4.35. The average molecular weight is 253 g/mol. The maximum Gasteiger partial charge on any atom is 0.0897 e. The van der Waals surface area contributed by atoms with Crippen molar-refractivity contribution in [2.24, 2.45) is 5.92 Å². The van der Waals surface area contributed by atoms with Gasteiger partial charge in [0, 0.05) is 42.8 Å². The summed E-state index contributed by atoms with van der Waals surface area (Å²) in [5.74, 6) is 0.698. The second-order valence-electron chi connectivity index (χ2n) is 5.40. The number of nitrogens with zero attached hydrogens (tertiary/aromatic N) is 2. The molecule has 1 N–H and O–H groups in total. The van der Waals surface area contributed by atoms with E-state index in [1.165, 1.54) is 9.88 Å². The fourth-order valence-electron chi connectivity index (χ4n) is 2.52. The predicted octanol–water partition coefficient (Wildman–Crippen LogP) is 2.27. The summed E-state index contributed by atoms with van der Waals surface area (Å²) in [5, 5.41) is 4.75. The minimum absolute atomic E-state index is 0.596. The van der Waals surface area contributed by atoms with Gasteiger partial charge in [0.25, 0.3) is 0 Å². The second kappa shape index (κ2) is 5.46. The standard InChI is InChI=1S/C13H23N3S/c1-9(2)13-6-14-10(3)7-16(13)8-12-5-15-11(4)17-12/h5,9-10,13-14H,6-8H2,1-4H3. The van der Waals surface area contributed by atoms with Gasteiger partial charge in [-0.2, -0.15) is 0 Å². The topological polar surface area (TPSA) is 28.2 Å². The Bertz CT molecular complexity index is 361. The molecule has 2 atom stereocenters. The molecular weight excluding hydrogens is 230 g/mol. The van der Waals surface area contributed by atoms with Crippen LogP contribution in [0.5, 0.6) is 0 Å². The Balaban J connectivity index is 2.04. The Labute approximate surface area is 108 Å². The number of aromatic nitrogens is 1. The van der Waals surface area contributed by atoms with Gasteiger partial charge in [-0.3, -0.25) is 4.90 Å². The molecule has 0 amide bonds. The van der Waals surface area contributed by atoms with Gasteiger partial charge >= 0.3 is 0 Å². The van der Waals surface area contributed by atoms with Crippen molar-refractivity contribution in [1.82, 2.24) is 15.2 Å². The van der Waals surface area contributed by atoms with Crippen LogP contribution in [0.3, 0.4) is 0 Å². The molecule has 0 aromatic carbocycles. The summed E-state index contributed by atoms with van der Waals surface area (Å²) in [6.45, 7) is 12.3. The first-order valence-electron chi connectivity index (χ1n) is 6.45. The minimum atomic E-state index is 0.596. The zero-order chi connectivity index (χ0) is 12.4. The molecule has 1 aliphatic rings. The molecule has 0 saturated carbocycles. The van der Waals surface area contributed by atoms with Crippen LogP contribution in [-0.4, -0.2) is 35.1 Å². The first-order chi connectivity index (χ1) is 8.06. The van der Waals surface area contributed by atoms with E-state index < -0.39 is 0 Å². The molecule has 2 heterocycles. The highest BCUT2D eigenvalue weighted by molar-refractivity contribution is 7.11. The third-order valence-electron chi connectivity index (χ3n) is 3.45. The third kappa shape index (κ3) is 3.27. The summed E-state index contributed by atoms with van der Waals surface area (Å²) < 4.78 is 0. The Kier molecular flexibility index (Phi) is 4.17. The summed E-state index contributed by atoms with van der Waals surface area (Å²) in [5.41, 5.74) is 0. The van der Waals surface area contributed by atoms with Crippen molar-refractivity contribution in [1.29, 1.82) is 0 Å². The van der Waals surface area contributed by atoms with Gasteiger partial charge in [0.05, 0.1) is 5.01 Å². The molecule has 2 unspecified atom stereocenters. The Morgan fingerprint density at radius 1 is 1.59 bits per heavy atom. The minimum Gasteiger partial charge on any atom is -0.311 e.